The first-order chi connectivity index (χ1) is 8.16. The SMILES string of the molecule is CC(C)(C(=O)O)C1CS(=O)(=O)c2ccc(Cl)cc21. The Morgan fingerprint density at radius 3 is 2.61 bits per heavy atom. The summed E-state index contributed by atoms with van der Waals surface area (Å²) in [5.74, 6) is -1.77. The molecule has 1 atom stereocenters. The molecule has 1 heterocycles. The second-order valence-corrected chi connectivity index (χ2v) is 7.48. The minimum absolute atomic E-state index is 0.179. The van der Waals surface area contributed by atoms with Crippen LogP contribution in [0.25, 0.3) is 0 Å². The van der Waals surface area contributed by atoms with Crippen molar-refractivity contribution in [1.29, 1.82) is 0 Å². The van der Waals surface area contributed by atoms with Crippen molar-refractivity contribution in [2.24, 2.45) is 5.41 Å². The van der Waals surface area contributed by atoms with Gasteiger partial charge in [-0.3, -0.25) is 4.79 Å². The van der Waals surface area contributed by atoms with Crippen molar-refractivity contribution in [2.45, 2.75) is 24.7 Å². The van der Waals surface area contributed by atoms with E-state index in [2.05, 4.69) is 0 Å². The third-order valence-corrected chi connectivity index (χ3v) is 5.54. The highest BCUT2D eigenvalue weighted by Gasteiger charge is 2.46. The predicted molar refractivity (Wildman–Crippen MR) is 67.7 cm³/mol. The van der Waals surface area contributed by atoms with E-state index in [0.29, 0.717) is 10.6 Å². The molecule has 0 amide bonds. The number of carboxylic acids is 1. The van der Waals surface area contributed by atoms with Gasteiger partial charge in [0.25, 0.3) is 0 Å². The fourth-order valence-electron chi connectivity index (χ4n) is 2.22. The number of hydrogen-bond acceptors (Lipinski definition) is 3. The number of halogens is 1. The second kappa shape index (κ2) is 3.96. The molecule has 0 spiro atoms. The van der Waals surface area contributed by atoms with Gasteiger partial charge in [0, 0.05) is 10.9 Å². The van der Waals surface area contributed by atoms with E-state index in [1.165, 1.54) is 26.0 Å². The molecular weight excluding hydrogens is 276 g/mol. The number of benzene rings is 1. The van der Waals surface area contributed by atoms with Gasteiger partial charge in [0.15, 0.2) is 9.84 Å². The van der Waals surface area contributed by atoms with Gasteiger partial charge in [0.2, 0.25) is 0 Å². The highest BCUT2D eigenvalue weighted by atomic mass is 35.5. The van der Waals surface area contributed by atoms with Gasteiger partial charge in [-0.25, -0.2) is 8.42 Å². The number of rotatable bonds is 2. The van der Waals surface area contributed by atoms with Crippen molar-refractivity contribution in [3.8, 4) is 0 Å². The highest BCUT2D eigenvalue weighted by Crippen LogP contribution is 2.46. The molecule has 1 N–H and O–H groups in total. The van der Waals surface area contributed by atoms with E-state index in [4.69, 9.17) is 11.6 Å². The molecule has 1 aromatic rings. The number of carbonyl (C=O) groups is 1. The third kappa shape index (κ3) is 1.91. The summed E-state index contributed by atoms with van der Waals surface area (Å²) in [5, 5.41) is 9.65. The second-order valence-electron chi connectivity index (χ2n) is 5.04. The number of hydrogen-bond donors (Lipinski definition) is 1. The minimum atomic E-state index is -3.41. The van der Waals surface area contributed by atoms with E-state index in [1.54, 1.807) is 6.07 Å². The highest BCUT2D eigenvalue weighted by molar-refractivity contribution is 7.91. The molecule has 4 nitrogen and oxygen atoms in total. The molecule has 0 radical (unpaired) electrons. The summed E-state index contributed by atoms with van der Waals surface area (Å²) in [6.07, 6.45) is 0. The van der Waals surface area contributed by atoms with Crippen LogP contribution < -0.4 is 0 Å². The van der Waals surface area contributed by atoms with Crippen LogP contribution in [0.2, 0.25) is 5.02 Å². The Kier molecular flexibility index (Phi) is 2.94. The van der Waals surface area contributed by atoms with Crippen LogP contribution >= 0.6 is 11.6 Å². The Labute approximate surface area is 110 Å². The molecule has 0 aromatic heterocycles. The van der Waals surface area contributed by atoms with Gasteiger partial charge >= 0.3 is 5.97 Å². The van der Waals surface area contributed by atoms with Crippen LogP contribution in [0, 0.1) is 5.41 Å². The molecule has 1 aliphatic heterocycles. The molecule has 0 aliphatic carbocycles. The van der Waals surface area contributed by atoms with Crippen LogP contribution in [0.3, 0.4) is 0 Å². The predicted octanol–water partition coefficient (Wildman–Crippen LogP) is 2.32. The smallest absolute Gasteiger partial charge is 0.309 e. The lowest BCUT2D eigenvalue weighted by molar-refractivity contribution is -0.147. The zero-order chi connectivity index (χ0) is 13.7. The van der Waals surface area contributed by atoms with Crippen LogP contribution in [0.15, 0.2) is 23.1 Å². The zero-order valence-corrected chi connectivity index (χ0v) is 11.5. The molecule has 2 rings (SSSR count). The van der Waals surface area contributed by atoms with Crippen LogP contribution in [-0.2, 0) is 14.6 Å². The maximum absolute atomic E-state index is 12.0. The van der Waals surface area contributed by atoms with Crippen molar-refractivity contribution < 1.29 is 18.3 Å². The number of carboxylic acid groups (broad SMARTS) is 1. The van der Waals surface area contributed by atoms with E-state index in [9.17, 15) is 18.3 Å². The van der Waals surface area contributed by atoms with Gasteiger partial charge < -0.3 is 5.11 Å². The number of sulfone groups is 1. The first-order valence-electron chi connectivity index (χ1n) is 5.42. The average molecular weight is 289 g/mol. The largest absolute Gasteiger partial charge is 0.481 e. The van der Waals surface area contributed by atoms with E-state index in [-0.39, 0.29) is 10.6 Å². The van der Waals surface area contributed by atoms with Crippen LogP contribution in [-0.4, -0.2) is 25.2 Å². The molecule has 0 saturated carbocycles. The van der Waals surface area contributed by atoms with Crippen LogP contribution in [0.4, 0.5) is 0 Å². The summed E-state index contributed by atoms with van der Waals surface area (Å²) in [5.41, 5.74) is -0.641. The molecule has 98 valence electrons. The first-order valence-corrected chi connectivity index (χ1v) is 7.45. The fourth-order valence-corrected chi connectivity index (χ4v) is 4.45. The molecule has 1 unspecified atom stereocenters. The zero-order valence-electron chi connectivity index (χ0n) is 9.97. The lowest BCUT2D eigenvalue weighted by Gasteiger charge is -2.26. The maximum atomic E-state index is 12.0. The molecule has 1 aliphatic rings. The van der Waals surface area contributed by atoms with Gasteiger partial charge in [-0.15, -0.1) is 0 Å². The first kappa shape index (κ1) is 13.4. The van der Waals surface area contributed by atoms with Gasteiger partial charge in [-0.1, -0.05) is 11.6 Å². The summed E-state index contributed by atoms with van der Waals surface area (Å²) in [6.45, 7) is 3.07. The molecule has 0 saturated heterocycles. The topological polar surface area (TPSA) is 71.4 Å². The van der Waals surface area contributed by atoms with E-state index >= 15 is 0 Å². The molecule has 1 aromatic carbocycles. The molecule has 0 fully saturated rings. The van der Waals surface area contributed by atoms with Crippen molar-refractivity contribution in [3.63, 3.8) is 0 Å². The molecule has 18 heavy (non-hydrogen) atoms. The van der Waals surface area contributed by atoms with E-state index < -0.39 is 27.1 Å². The normalized spacial score (nSPS) is 21.6. The Hall–Kier alpha value is -1.07. The number of aliphatic carboxylic acids is 1. The Balaban J connectivity index is 2.65. The van der Waals surface area contributed by atoms with Gasteiger partial charge in [-0.2, -0.15) is 0 Å². The van der Waals surface area contributed by atoms with Gasteiger partial charge in [-0.05, 0) is 37.6 Å². The van der Waals surface area contributed by atoms with Crippen molar-refractivity contribution in [1.82, 2.24) is 0 Å². The van der Waals surface area contributed by atoms with Crippen molar-refractivity contribution >= 4 is 27.4 Å². The maximum Gasteiger partial charge on any atom is 0.309 e. The van der Waals surface area contributed by atoms with Gasteiger partial charge in [0.05, 0.1) is 16.1 Å². The summed E-state index contributed by atoms with van der Waals surface area (Å²) in [4.78, 5) is 11.5. The fraction of sp³-hybridized carbons (Fsp3) is 0.417. The Morgan fingerprint density at radius 2 is 2.06 bits per heavy atom. The standard InChI is InChI=1S/C12H13ClO4S/c1-12(2,11(14)15)9-6-18(16,17)10-4-3-7(13)5-8(9)10/h3-5,9H,6H2,1-2H3,(H,14,15). The van der Waals surface area contributed by atoms with E-state index in [0.717, 1.165) is 0 Å². The lowest BCUT2D eigenvalue weighted by atomic mass is 9.76. The summed E-state index contributed by atoms with van der Waals surface area (Å²) < 4.78 is 24.0. The minimum Gasteiger partial charge on any atom is -0.481 e. The lowest BCUT2D eigenvalue weighted by Crippen LogP contribution is -2.32. The number of fused-ring (bicyclic) bond motifs is 1. The quantitative estimate of drug-likeness (QED) is 0.906. The molecular formula is C12H13ClO4S. The monoisotopic (exact) mass is 288 g/mol. The Morgan fingerprint density at radius 1 is 1.44 bits per heavy atom. The van der Waals surface area contributed by atoms with Crippen LogP contribution in [0.5, 0.6) is 0 Å². The Bertz CT molecular complexity index is 619. The molecule has 6 heteroatoms. The summed E-state index contributed by atoms with van der Waals surface area (Å²) >= 11 is 5.87. The van der Waals surface area contributed by atoms with E-state index in [1.807, 2.05) is 0 Å². The summed E-state index contributed by atoms with van der Waals surface area (Å²) in [7, 11) is -3.41. The van der Waals surface area contributed by atoms with Crippen molar-refractivity contribution in [3.05, 3.63) is 28.8 Å². The van der Waals surface area contributed by atoms with Gasteiger partial charge in [0.1, 0.15) is 0 Å². The third-order valence-electron chi connectivity index (χ3n) is 3.49. The van der Waals surface area contributed by atoms with Crippen molar-refractivity contribution in [2.75, 3.05) is 5.75 Å². The summed E-state index contributed by atoms with van der Waals surface area (Å²) in [6, 6.07) is 4.51. The van der Waals surface area contributed by atoms with Crippen LogP contribution in [0.1, 0.15) is 25.3 Å². The average Bonchev–Trinajstić information content (AvgIpc) is 2.50. The molecule has 0 bridgehead atoms.